The maximum Gasteiger partial charge on any atom is 0.179 e. The van der Waals surface area contributed by atoms with E-state index in [-0.39, 0.29) is 11.7 Å². The first-order chi connectivity index (χ1) is 13.4. The number of aliphatic hydroxyl groups is 1. The Hall–Kier alpha value is -1.65. The van der Waals surface area contributed by atoms with Crippen LogP contribution in [0.3, 0.4) is 0 Å². The van der Waals surface area contributed by atoms with Crippen LogP contribution in [-0.4, -0.2) is 25.4 Å². The van der Waals surface area contributed by atoms with E-state index in [9.17, 15) is 13.5 Å². The zero-order valence-corrected chi connectivity index (χ0v) is 18.0. The van der Waals surface area contributed by atoms with E-state index < -0.39 is 21.4 Å². The Bertz CT molecular complexity index is 902. The molecule has 0 aliphatic carbocycles. The third kappa shape index (κ3) is 3.77. The highest BCUT2D eigenvalue weighted by molar-refractivity contribution is 7.91. The lowest BCUT2D eigenvalue weighted by molar-refractivity contribution is 0.0174. The smallest absolute Gasteiger partial charge is 0.179 e. The van der Waals surface area contributed by atoms with Crippen LogP contribution in [0.25, 0.3) is 0 Å². The van der Waals surface area contributed by atoms with Gasteiger partial charge in [0.25, 0.3) is 0 Å². The lowest BCUT2D eigenvalue weighted by Gasteiger charge is -2.39. The summed E-state index contributed by atoms with van der Waals surface area (Å²) in [5, 5.41) is 11.7. The van der Waals surface area contributed by atoms with Crippen LogP contribution in [0.1, 0.15) is 69.1 Å². The zero-order valence-electron chi connectivity index (χ0n) is 17.2. The lowest BCUT2D eigenvalue weighted by atomic mass is 9.69. The van der Waals surface area contributed by atoms with Crippen molar-refractivity contribution in [2.75, 3.05) is 5.75 Å². The molecule has 28 heavy (non-hydrogen) atoms. The molecule has 0 bridgehead atoms. The molecule has 0 amide bonds. The van der Waals surface area contributed by atoms with E-state index in [0.717, 1.165) is 36.8 Å². The molecule has 3 rings (SSSR count). The standard InChI is InChI=1S/C24H32O3S/c1-4-7-16-24(6-3)17-28(26,27)21-11-9-8-10-20(21)22(23(24)25)19-14-12-18(5-2)13-15-19/h8-15,22-23,25H,4-7,16-17H2,1-3H3/t22-,23-,24-/m1/s1. The summed E-state index contributed by atoms with van der Waals surface area (Å²) in [6.45, 7) is 6.24. The third-order valence-corrected chi connectivity index (χ3v) is 8.49. The molecule has 1 aliphatic heterocycles. The van der Waals surface area contributed by atoms with Gasteiger partial charge in [-0.1, -0.05) is 76.1 Å². The van der Waals surface area contributed by atoms with E-state index in [0.29, 0.717) is 11.3 Å². The van der Waals surface area contributed by atoms with Crippen molar-refractivity contribution < 1.29 is 13.5 Å². The van der Waals surface area contributed by atoms with Gasteiger partial charge >= 0.3 is 0 Å². The fourth-order valence-corrected chi connectivity index (χ4v) is 6.92. The molecule has 0 spiro atoms. The van der Waals surface area contributed by atoms with Crippen LogP contribution in [-0.2, 0) is 16.3 Å². The summed E-state index contributed by atoms with van der Waals surface area (Å²) in [6.07, 6.45) is 3.47. The Labute approximate surface area is 169 Å². The second-order valence-corrected chi connectivity index (χ2v) is 10.1. The largest absolute Gasteiger partial charge is 0.392 e. The van der Waals surface area contributed by atoms with Crippen LogP contribution >= 0.6 is 0 Å². The van der Waals surface area contributed by atoms with E-state index in [1.807, 2.05) is 19.1 Å². The monoisotopic (exact) mass is 400 g/mol. The molecule has 0 radical (unpaired) electrons. The zero-order chi connectivity index (χ0) is 20.4. The van der Waals surface area contributed by atoms with Gasteiger partial charge in [0.05, 0.1) is 16.8 Å². The molecular weight excluding hydrogens is 368 g/mol. The number of hydrogen-bond acceptors (Lipinski definition) is 3. The first-order valence-corrected chi connectivity index (χ1v) is 12.1. The maximum absolute atomic E-state index is 13.3. The van der Waals surface area contributed by atoms with Crippen LogP contribution in [0.4, 0.5) is 0 Å². The Morgan fingerprint density at radius 2 is 1.71 bits per heavy atom. The maximum atomic E-state index is 13.3. The fraction of sp³-hybridized carbons (Fsp3) is 0.500. The van der Waals surface area contributed by atoms with Crippen LogP contribution in [0.5, 0.6) is 0 Å². The molecule has 0 saturated heterocycles. The summed E-state index contributed by atoms with van der Waals surface area (Å²) in [5.41, 5.74) is 2.32. The second-order valence-electron chi connectivity index (χ2n) is 8.13. The summed E-state index contributed by atoms with van der Waals surface area (Å²) >= 11 is 0. The van der Waals surface area contributed by atoms with Crippen molar-refractivity contribution in [2.24, 2.45) is 5.41 Å². The highest BCUT2D eigenvalue weighted by Gasteiger charge is 2.48. The Kier molecular flexibility index (Phi) is 6.31. The second kappa shape index (κ2) is 8.38. The number of aliphatic hydroxyl groups excluding tert-OH is 1. The van der Waals surface area contributed by atoms with Crippen molar-refractivity contribution in [3.05, 3.63) is 65.2 Å². The van der Waals surface area contributed by atoms with E-state index in [1.165, 1.54) is 5.56 Å². The van der Waals surface area contributed by atoms with Crippen molar-refractivity contribution in [1.82, 2.24) is 0 Å². The van der Waals surface area contributed by atoms with Crippen LogP contribution < -0.4 is 0 Å². The third-order valence-electron chi connectivity index (χ3n) is 6.49. The molecule has 0 fully saturated rings. The van der Waals surface area contributed by atoms with Gasteiger partial charge in [-0.2, -0.15) is 0 Å². The van der Waals surface area contributed by atoms with Gasteiger partial charge in [0, 0.05) is 11.3 Å². The minimum atomic E-state index is -3.48. The number of fused-ring (bicyclic) bond motifs is 1. The summed E-state index contributed by atoms with van der Waals surface area (Å²) in [6, 6.07) is 15.5. The average Bonchev–Trinajstić information content (AvgIpc) is 2.78. The minimum absolute atomic E-state index is 0.0121. The molecule has 2 aromatic rings. The predicted octanol–water partition coefficient (Wildman–Crippen LogP) is 5.12. The van der Waals surface area contributed by atoms with Crippen molar-refractivity contribution in [3.8, 4) is 0 Å². The average molecular weight is 401 g/mol. The molecular formula is C24H32O3S. The highest BCUT2D eigenvalue weighted by atomic mass is 32.2. The van der Waals surface area contributed by atoms with Crippen molar-refractivity contribution in [3.63, 3.8) is 0 Å². The Balaban J connectivity index is 2.22. The molecule has 0 aromatic heterocycles. The number of benzene rings is 2. The number of aryl methyl sites for hydroxylation is 1. The molecule has 1 heterocycles. The number of sulfone groups is 1. The van der Waals surface area contributed by atoms with Gasteiger partial charge in [-0.15, -0.1) is 0 Å². The minimum Gasteiger partial charge on any atom is -0.392 e. The fourth-order valence-electron chi connectivity index (χ4n) is 4.65. The first kappa shape index (κ1) is 21.1. The Morgan fingerprint density at radius 1 is 1.04 bits per heavy atom. The summed E-state index contributed by atoms with van der Waals surface area (Å²) < 4.78 is 26.7. The Morgan fingerprint density at radius 3 is 2.32 bits per heavy atom. The van der Waals surface area contributed by atoms with Gasteiger partial charge < -0.3 is 5.11 Å². The van der Waals surface area contributed by atoms with E-state index in [4.69, 9.17) is 0 Å². The first-order valence-electron chi connectivity index (χ1n) is 10.5. The van der Waals surface area contributed by atoms with Crippen LogP contribution in [0.15, 0.2) is 53.4 Å². The normalized spacial score (nSPS) is 26.4. The number of unbranched alkanes of at least 4 members (excludes halogenated alkanes) is 1. The SMILES string of the molecule is CCCC[C@]1(CC)CS(=O)(=O)c2ccccc2[C@@H](c2ccc(CC)cc2)[C@H]1O. The van der Waals surface area contributed by atoms with Crippen LogP contribution in [0.2, 0.25) is 0 Å². The lowest BCUT2D eigenvalue weighted by Crippen LogP contribution is -2.42. The molecule has 2 aromatic carbocycles. The van der Waals surface area contributed by atoms with Gasteiger partial charge in [0.15, 0.2) is 9.84 Å². The van der Waals surface area contributed by atoms with E-state index >= 15 is 0 Å². The van der Waals surface area contributed by atoms with Crippen LogP contribution in [0, 0.1) is 5.41 Å². The van der Waals surface area contributed by atoms with Crippen molar-refractivity contribution >= 4 is 9.84 Å². The topological polar surface area (TPSA) is 54.4 Å². The van der Waals surface area contributed by atoms with Crippen molar-refractivity contribution in [1.29, 1.82) is 0 Å². The summed E-state index contributed by atoms with van der Waals surface area (Å²) in [7, 11) is -3.48. The summed E-state index contributed by atoms with van der Waals surface area (Å²) in [5.74, 6) is -0.325. The quantitative estimate of drug-likeness (QED) is 0.732. The van der Waals surface area contributed by atoms with Gasteiger partial charge in [0.1, 0.15) is 0 Å². The van der Waals surface area contributed by atoms with Gasteiger partial charge in [-0.25, -0.2) is 8.42 Å². The van der Waals surface area contributed by atoms with E-state index in [1.54, 1.807) is 12.1 Å². The van der Waals surface area contributed by atoms with Crippen molar-refractivity contribution in [2.45, 2.75) is 69.8 Å². The molecule has 0 saturated carbocycles. The van der Waals surface area contributed by atoms with Gasteiger partial charge in [0.2, 0.25) is 0 Å². The molecule has 1 aliphatic rings. The predicted molar refractivity (Wildman–Crippen MR) is 114 cm³/mol. The molecule has 4 heteroatoms. The molecule has 152 valence electrons. The number of hydrogen-bond donors (Lipinski definition) is 1. The molecule has 1 N–H and O–H groups in total. The molecule has 3 atom stereocenters. The molecule has 3 nitrogen and oxygen atoms in total. The highest BCUT2D eigenvalue weighted by Crippen LogP contribution is 2.48. The summed E-state index contributed by atoms with van der Waals surface area (Å²) in [4.78, 5) is 0.380. The van der Waals surface area contributed by atoms with Gasteiger partial charge in [-0.05, 0) is 42.0 Å². The van der Waals surface area contributed by atoms with E-state index in [2.05, 4.69) is 38.1 Å². The van der Waals surface area contributed by atoms with Gasteiger partial charge in [-0.3, -0.25) is 0 Å². The number of rotatable bonds is 6. The molecule has 0 unspecified atom stereocenters.